The fourth-order valence-electron chi connectivity index (χ4n) is 5.35. The van der Waals surface area contributed by atoms with Crippen LogP contribution in [0.3, 0.4) is 0 Å². The number of nitrogens with zero attached hydrogens (tertiary/aromatic N) is 5. The summed E-state index contributed by atoms with van der Waals surface area (Å²) in [6.07, 6.45) is 3.68. The molecule has 5 aromatic carbocycles. The Kier molecular flexibility index (Phi) is 5.71. The van der Waals surface area contributed by atoms with Gasteiger partial charge in [-0.1, -0.05) is 97.1 Å². The van der Waals surface area contributed by atoms with E-state index in [4.69, 9.17) is 19.9 Å². The average molecular weight is 538 g/mol. The van der Waals surface area contributed by atoms with Gasteiger partial charge in [0.05, 0.1) is 5.52 Å². The van der Waals surface area contributed by atoms with Crippen LogP contribution in [0.15, 0.2) is 140 Å². The molecule has 8 aromatic rings. The van der Waals surface area contributed by atoms with Crippen LogP contribution in [0.5, 0.6) is 0 Å². The number of fused-ring (bicyclic) bond motifs is 3. The van der Waals surface area contributed by atoms with Crippen molar-refractivity contribution >= 4 is 32.4 Å². The fraction of sp³-hybridized carbons (Fsp3) is 0. The molecule has 0 N–H and O–H groups in total. The first-order chi connectivity index (χ1) is 20.8. The van der Waals surface area contributed by atoms with Gasteiger partial charge in [-0.15, -0.1) is 0 Å². The van der Waals surface area contributed by atoms with Gasteiger partial charge >= 0.3 is 0 Å². The molecule has 0 radical (unpaired) electrons. The van der Waals surface area contributed by atoms with Crippen LogP contribution >= 0.6 is 0 Å². The first-order valence-electron chi connectivity index (χ1n) is 13.8. The van der Waals surface area contributed by atoms with Crippen LogP contribution in [0.1, 0.15) is 0 Å². The van der Waals surface area contributed by atoms with Crippen LogP contribution < -0.4 is 0 Å². The zero-order valence-electron chi connectivity index (χ0n) is 22.5. The SMILES string of the molecule is c1ccc2cc(-c3nc(-c4ccc5ccccc5c4)nc(-c4ccc(-c5ccc6cccnc6c5)cn4)n3)ccc2c1. The van der Waals surface area contributed by atoms with Crippen LogP contribution in [-0.2, 0) is 0 Å². The highest BCUT2D eigenvalue weighted by atomic mass is 15.0. The normalized spacial score (nSPS) is 11.3. The number of benzene rings is 5. The molecule has 8 rings (SSSR count). The van der Waals surface area contributed by atoms with Gasteiger partial charge < -0.3 is 0 Å². The van der Waals surface area contributed by atoms with E-state index < -0.39 is 0 Å². The minimum atomic E-state index is 0.531. The summed E-state index contributed by atoms with van der Waals surface area (Å²) in [6.45, 7) is 0. The number of rotatable bonds is 4. The van der Waals surface area contributed by atoms with Crippen LogP contribution in [0, 0.1) is 0 Å². The Hall–Kier alpha value is -5.81. The van der Waals surface area contributed by atoms with Gasteiger partial charge in [0, 0.05) is 34.5 Å². The lowest BCUT2D eigenvalue weighted by atomic mass is 10.0. The number of pyridine rings is 2. The fourth-order valence-corrected chi connectivity index (χ4v) is 5.35. The van der Waals surface area contributed by atoms with Crippen LogP contribution in [0.4, 0.5) is 0 Å². The second kappa shape index (κ2) is 9.98. The molecule has 3 aromatic heterocycles. The van der Waals surface area contributed by atoms with Gasteiger partial charge in [-0.05, 0) is 57.4 Å². The van der Waals surface area contributed by atoms with Crippen molar-refractivity contribution in [2.45, 2.75) is 0 Å². The summed E-state index contributed by atoms with van der Waals surface area (Å²) in [5.74, 6) is 1.75. The molecule has 0 saturated heterocycles. The second-order valence-electron chi connectivity index (χ2n) is 10.3. The highest BCUT2D eigenvalue weighted by molar-refractivity contribution is 5.88. The number of aromatic nitrogens is 5. The van der Waals surface area contributed by atoms with Crippen molar-refractivity contribution in [1.82, 2.24) is 24.9 Å². The zero-order chi connectivity index (χ0) is 27.9. The maximum absolute atomic E-state index is 4.95. The molecule has 42 heavy (non-hydrogen) atoms. The molecule has 0 spiro atoms. The van der Waals surface area contributed by atoms with Crippen LogP contribution in [0.2, 0.25) is 0 Å². The molecule has 0 aliphatic carbocycles. The standard InChI is InChI=1S/C37H23N5/c1-3-8-27-20-30(15-11-24(27)6-1)35-40-36(31-16-12-25-7-2-4-9-28(25)21-31)42-37(41-35)33-18-17-32(23-39-33)29-14-13-26-10-5-19-38-34(26)22-29/h1-23H. The quantitative estimate of drug-likeness (QED) is 0.224. The summed E-state index contributed by atoms with van der Waals surface area (Å²) in [5.41, 5.74) is 5.56. The van der Waals surface area contributed by atoms with E-state index in [1.54, 1.807) is 0 Å². The molecular formula is C37H23N5. The second-order valence-corrected chi connectivity index (χ2v) is 10.3. The molecule has 0 unspecified atom stereocenters. The number of hydrogen-bond acceptors (Lipinski definition) is 5. The van der Waals surface area contributed by atoms with Crippen molar-refractivity contribution in [3.63, 3.8) is 0 Å². The molecule has 0 amide bonds. The van der Waals surface area contributed by atoms with Crippen LogP contribution in [-0.4, -0.2) is 24.9 Å². The van der Waals surface area contributed by atoms with E-state index in [9.17, 15) is 0 Å². The molecule has 3 heterocycles. The van der Waals surface area contributed by atoms with Gasteiger partial charge in [-0.25, -0.2) is 15.0 Å². The van der Waals surface area contributed by atoms with Crippen LogP contribution in [0.25, 0.3) is 77.9 Å². The third-order valence-electron chi connectivity index (χ3n) is 7.58. The van der Waals surface area contributed by atoms with Gasteiger partial charge in [0.1, 0.15) is 5.69 Å². The van der Waals surface area contributed by atoms with E-state index in [2.05, 4.69) is 96.0 Å². The molecule has 0 fully saturated rings. The van der Waals surface area contributed by atoms with Crippen molar-refractivity contribution in [3.8, 4) is 45.4 Å². The first kappa shape index (κ1) is 24.0. The molecular weight excluding hydrogens is 514 g/mol. The third kappa shape index (κ3) is 4.43. The maximum Gasteiger partial charge on any atom is 0.182 e. The van der Waals surface area contributed by atoms with E-state index in [0.29, 0.717) is 23.2 Å². The Morgan fingerprint density at radius 2 is 0.905 bits per heavy atom. The summed E-state index contributed by atoms with van der Waals surface area (Å²) in [6, 6.07) is 43.5. The van der Waals surface area contributed by atoms with E-state index in [-0.39, 0.29) is 0 Å². The Bertz CT molecular complexity index is 2160. The molecule has 5 heteroatoms. The Labute approximate surface area is 242 Å². The smallest absolute Gasteiger partial charge is 0.182 e. The van der Waals surface area contributed by atoms with Gasteiger partial charge in [0.15, 0.2) is 17.5 Å². The predicted molar refractivity (Wildman–Crippen MR) is 170 cm³/mol. The Morgan fingerprint density at radius 3 is 1.55 bits per heavy atom. The summed E-state index contributed by atoms with van der Waals surface area (Å²) >= 11 is 0. The van der Waals surface area contributed by atoms with Gasteiger partial charge in [0.25, 0.3) is 0 Å². The van der Waals surface area contributed by atoms with Crippen molar-refractivity contribution in [1.29, 1.82) is 0 Å². The highest BCUT2D eigenvalue weighted by Crippen LogP contribution is 2.29. The first-order valence-corrected chi connectivity index (χ1v) is 13.8. The van der Waals surface area contributed by atoms with E-state index >= 15 is 0 Å². The largest absolute Gasteiger partial charge is 0.256 e. The lowest BCUT2D eigenvalue weighted by molar-refractivity contribution is 1.06. The lowest BCUT2D eigenvalue weighted by Gasteiger charge is -2.10. The van der Waals surface area contributed by atoms with E-state index in [1.165, 1.54) is 10.8 Å². The minimum absolute atomic E-state index is 0.531. The van der Waals surface area contributed by atoms with Crippen molar-refractivity contribution in [2.24, 2.45) is 0 Å². The van der Waals surface area contributed by atoms with E-state index in [0.717, 1.165) is 43.9 Å². The predicted octanol–water partition coefficient (Wildman–Crippen LogP) is 8.79. The van der Waals surface area contributed by atoms with Gasteiger partial charge in [-0.3, -0.25) is 9.97 Å². The Balaban J connectivity index is 1.25. The van der Waals surface area contributed by atoms with Gasteiger partial charge in [0.2, 0.25) is 0 Å². The Morgan fingerprint density at radius 1 is 0.357 bits per heavy atom. The molecule has 5 nitrogen and oxygen atoms in total. The maximum atomic E-state index is 4.95. The van der Waals surface area contributed by atoms with Crippen molar-refractivity contribution in [2.75, 3.05) is 0 Å². The molecule has 0 aliphatic rings. The summed E-state index contributed by atoms with van der Waals surface area (Å²) in [4.78, 5) is 24.1. The lowest BCUT2D eigenvalue weighted by Crippen LogP contribution is -2.01. The van der Waals surface area contributed by atoms with Gasteiger partial charge in [-0.2, -0.15) is 0 Å². The monoisotopic (exact) mass is 537 g/mol. The summed E-state index contributed by atoms with van der Waals surface area (Å²) < 4.78 is 0. The molecule has 0 atom stereocenters. The molecule has 0 saturated carbocycles. The number of hydrogen-bond donors (Lipinski definition) is 0. The topological polar surface area (TPSA) is 64.5 Å². The summed E-state index contributed by atoms with van der Waals surface area (Å²) in [5, 5.41) is 5.73. The minimum Gasteiger partial charge on any atom is -0.256 e. The molecule has 196 valence electrons. The van der Waals surface area contributed by atoms with E-state index in [1.807, 2.05) is 48.8 Å². The molecule has 0 aliphatic heterocycles. The van der Waals surface area contributed by atoms with Crippen molar-refractivity contribution in [3.05, 3.63) is 140 Å². The third-order valence-corrected chi connectivity index (χ3v) is 7.58. The zero-order valence-corrected chi connectivity index (χ0v) is 22.5. The average Bonchev–Trinajstić information content (AvgIpc) is 3.07. The molecule has 0 bridgehead atoms. The highest BCUT2D eigenvalue weighted by Gasteiger charge is 2.14. The van der Waals surface area contributed by atoms with Crippen molar-refractivity contribution < 1.29 is 0 Å². The summed E-state index contributed by atoms with van der Waals surface area (Å²) in [7, 11) is 0.